The maximum absolute atomic E-state index is 12.5. The predicted octanol–water partition coefficient (Wildman–Crippen LogP) is 4.36. The molecule has 0 heterocycles. The Morgan fingerprint density at radius 2 is 1.46 bits per heavy atom. The van der Waals surface area contributed by atoms with E-state index in [1.807, 2.05) is 13.8 Å². The molecule has 0 radical (unpaired) electrons. The minimum atomic E-state index is -4.07. The van der Waals surface area contributed by atoms with Gasteiger partial charge in [-0.05, 0) is 25.7 Å². The first kappa shape index (κ1) is 33.1. The van der Waals surface area contributed by atoms with Gasteiger partial charge in [-0.2, -0.15) is 0 Å². The van der Waals surface area contributed by atoms with E-state index in [9.17, 15) is 23.8 Å². The topological polar surface area (TPSA) is 128 Å². The van der Waals surface area contributed by atoms with Crippen LogP contribution in [0.4, 0.5) is 0 Å². The Balaban J connectivity index is 4.58. The summed E-state index contributed by atoms with van der Waals surface area (Å²) in [5, 5.41) is 2.63. The van der Waals surface area contributed by atoms with E-state index in [2.05, 4.69) is 11.2 Å². The molecule has 10 heteroatoms. The van der Waals surface area contributed by atoms with Crippen molar-refractivity contribution < 1.29 is 37.8 Å². The molecule has 0 aromatic carbocycles. The number of hydrogen-bond donors (Lipinski definition) is 2. The van der Waals surface area contributed by atoms with Gasteiger partial charge in [-0.25, -0.2) is 0 Å². The summed E-state index contributed by atoms with van der Waals surface area (Å²) in [6.07, 6.45) is 13.0. The zero-order chi connectivity index (χ0) is 26.4. The van der Waals surface area contributed by atoms with Crippen molar-refractivity contribution in [3.8, 4) is 12.3 Å². The second kappa shape index (κ2) is 21.4. The van der Waals surface area contributed by atoms with Crippen LogP contribution in [0.1, 0.15) is 90.9 Å². The summed E-state index contributed by atoms with van der Waals surface area (Å²) >= 11 is 0. The van der Waals surface area contributed by atoms with Gasteiger partial charge in [0.1, 0.15) is 0 Å². The molecule has 0 aromatic heterocycles. The van der Waals surface area contributed by atoms with Gasteiger partial charge in [-0.3, -0.25) is 18.9 Å². The summed E-state index contributed by atoms with van der Waals surface area (Å²) in [7, 11) is -4.07. The van der Waals surface area contributed by atoms with Crippen molar-refractivity contribution in [3.05, 3.63) is 0 Å². The fraction of sp³-hybridized carbons (Fsp3) is 0.800. The first-order chi connectivity index (χ1) is 16.7. The second-order valence-electron chi connectivity index (χ2n) is 8.56. The summed E-state index contributed by atoms with van der Waals surface area (Å²) in [5.41, 5.74) is 0. The molecule has 2 N–H and O–H groups in total. The van der Waals surface area contributed by atoms with Gasteiger partial charge in [0.2, 0.25) is 5.91 Å². The molecule has 202 valence electrons. The third-order valence-electron chi connectivity index (χ3n) is 5.11. The highest BCUT2D eigenvalue weighted by Gasteiger charge is 2.27. The molecule has 35 heavy (non-hydrogen) atoms. The van der Waals surface area contributed by atoms with Crippen LogP contribution in [0, 0.1) is 18.3 Å². The standard InChI is InChI=1S/C25H44NO8P/c1-4-7-10-13-14-23(27)26-17-18-34-35(30,31)21-22(19-32-24(28)15-11-8-5-2)20-33-25(29)16-12-9-6-3/h1,22H,5-21H2,2-3H3,(H,26,27)(H,30,31). The Hall–Kier alpha value is -1.88. The molecule has 0 aliphatic heterocycles. The van der Waals surface area contributed by atoms with Crippen LogP contribution in [0.15, 0.2) is 0 Å². The largest absolute Gasteiger partial charge is 0.465 e. The summed E-state index contributed by atoms with van der Waals surface area (Å²) < 4.78 is 28.2. The summed E-state index contributed by atoms with van der Waals surface area (Å²) in [6.45, 7) is 3.71. The smallest absolute Gasteiger partial charge is 0.328 e. The van der Waals surface area contributed by atoms with Gasteiger partial charge in [0, 0.05) is 38.1 Å². The molecule has 0 aliphatic rings. The zero-order valence-electron chi connectivity index (χ0n) is 21.4. The maximum Gasteiger partial charge on any atom is 0.328 e. The molecule has 0 spiro atoms. The molecule has 0 bridgehead atoms. The van der Waals surface area contributed by atoms with Crippen molar-refractivity contribution in [1.82, 2.24) is 5.32 Å². The van der Waals surface area contributed by atoms with Gasteiger partial charge in [0.05, 0.1) is 26.0 Å². The highest BCUT2D eigenvalue weighted by Crippen LogP contribution is 2.43. The highest BCUT2D eigenvalue weighted by molar-refractivity contribution is 7.52. The average Bonchev–Trinajstić information content (AvgIpc) is 2.81. The molecule has 0 fully saturated rings. The predicted molar refractivity (Wildman–Crippen MR) is 135 cm³/mol. The summed E-state index contributed by atoms with van der Waals surface area (Å²) in [5.74, 6) is 0.870. The summed E-state index contributed by atoms with van der Waals surface area (Å²) in [4.78, 5) is 45.9. The van der Waals surface area contributed by atoms with Gasteiger partial charge in [-0.15, -0.1) is 12.3 Å². The molecule has 0 aromatic rings. The second-order valence-corrected chi connectivity index (χ2v) is 10.5. The van der Waals surface area contributed by atoms with Crippen molar-refractivity contribution >= 4 is 25.4 Å². The Morgan fingerprint density at radius 3 is 1.97 bits per heavy atom. The first-order valence-corrected chi connectivity index (χ1v) is 14.5. The van der Waals surface area contributed by atoms with E-state index in [1.54, 1.807) is 0 Å². The molecule has 0 rings (SSSR count). The fourth-order valence-electron chi connectivity index (χ4n) is 3.12. The lowest BCUT2D eigenvalue weighted by molar-refractivity contribution is -0.148. The van der Waals surface area contributed by atoms with E-state index >= 15 is 0 Å². The molecule has 1 unspecified atom stereocenters. The summed E-state index contributed by atoms with van der Waals surface area (Å²) in [6, 6.07) is 0. The normalized spacial score (nSPS) is 12.5. The third-order valence-corrected chi connectivity index (χ3v) is 6.67. The number of amides is 1. The highest BCUT2D eigenvalue weighted by atomic mass is 31.2. The number of nitrogens with one attached hydrogen (secondary N) is 1. The van der Waals surface area contributed by atoms with Crippen LogP contribution >= 0.6 is 7.60 Å². The number of ether oxygens (including phenoxy) is 2. The first-order valence-electron chi connectivity index (χ1n) is 12.7. The van der Waals surface area contributed by atoms with Crippen LogP contribution in [0.25, 0.3) is 0 Å². The number of hydrogen-bond acceptors (Lipinski definition) is 7. The maximum atomic E-state index is 12.5. The lowest BCUT2D eigenvalue weighted by atomic mass is 10.2. The molecule has 1 amide bonds. The lowest BCUT2D eigenvalue weighted by Gasteiger charge is -2.20. The van der Waals surface area contributed by atoms with E-state index in [-0.39, 0.29) is 51.3 Å². The van der Waals surface area contributed by atoms with Crippen LogP contribution in [-0.2, 0) is 32.9 Å². The van der Waals surface area contributed by atoms with Gasteiger partial charge < -0.3 is 24.2 Å². The fourth-order valence-corrected chi connectivity index (χ4v) is 4.46. The van der Waals surface area contributed by atoms with Crippen LogP contribution in [-0.4, -0.2) is 55.3 Å². The van der Waals surface area contributed by atoms with Gasteiger partial charge >= 0.3 is 19.5 Å². The van der Waals surface area contributed by atoms with Crippen LogP contribution < -0.4 is 5.32 Å². The zero-order valence-corrected chi connectivity index (χ0v) is 22.3. The monoisotopic (exact) mass is 517 g/mol. The van der Waals surface area contributed by atoms with Crippen LogP contribution in [0.2, 0.25) is 0 Å². The van der Waals surface area contributed by atoms with Gasteiger partial charge in [0.25, 0.3) is 0 Å². The van der Waals surface area contributed by atoms with E-state index in [0.29, 0.717) is 32.1 Å². The quantitative estimate of drug-likeness (QED) is 0.0938. The van der Waals surface area contributed by atoms with E-state index < -0.39 is 25.5 Å². The Bertz CT molecular complexity index is 665. The van der Waals surface area contributed by atoms with E-state index in [0.717, 1.165) is 32.1 Å². The molecule has 1 atom stereocenters. The number of terminal acetylenes is 1. The average molecular weight is 518 g/mol. The van der Waals surface area contributed by atoms with Crippen molar-refractivity contribution in [3.63, 3.8) is 0 Å². The Morgan fingerprint density at radius 1 is 0.914 bits per heavy atom. The number of rotatable bonds is 22. The third kappa shape index (κ3) is 21.1. The Labute approximate surface area is 210 Å². The molecule has 0 saturated heterocycles. The number of carbonyl (C=O) groups excluding carboxylic acids is 3. The van der Waals surface area contributed by atoms with Gasteiger partial charge in [0.15, 0.2) is 0 Å². The number of unbranched alkanes of at least 4 members (excludes halogenated alkanes) is 6. The lowest BCUT2D eigenvalue weighted by Crippen LogP contribution is -2.27. The molecule has 0 aliphatic carbocycles. The number of esters is 2. The number of carbonyl (C=O) groups is 3. The Kier molecular flexibility index (Phi) is 20.3. The van der Waals surface area contributed by atoms with Crippen molar-refractivity contribution in [2.24, 2.45) is 5.92 Å². The van der Waals surface area contributed by atoms with Gasteiger partial charge in [-0.1, -0.05) is 39.5 Å². The molecular weight excluding hydrogens is 473 g/mol. The molecular formula is C25H44NO8P. The SMILES string of the molecule is C#CCCCCC(=O)NCCOP(=O)(O)CC(COC(=O)CCCCC)COC(=O)CCCCC. The molecule has 9 nitrogen and oxygen atoms in total. The minimum absolute atomic E-state index is 0.0853. The van der Waals surface area contributed by atoms with Crippen LogP contribution in [0.3, 0.4) is 0 Å². The van der Waals surface area contributed by atoms with E-state index in [1.165, 1.54) is 0 Å². The van der Waals surface area contributed by atoms with E-state index in [4.69, 9.17) is 20.4 Å². The van der Waals surface area contributed by atoms with Crippen molar-refractivity contribution in [1.29, 1.82) is 0 Å². The van der Waals surface area contributed by atoms with Crippen molar-refractivity contribution in [2.45, 2.75) is 90.9 Å². The van der Waals surface area contributed by atoms with Crippen LogP contribution in [0.5, 0.6) is 0 Å². The minimum Gasteiger partial charge on any atom is -0.465 e. The molecule has 0 saturated carbocycles. The van der Waals surface area contributed by atoms with Crippen molar-refractivity contribution in [2.75, 3.05) is 32.5 Å².